The Balaban J connectivity index is 1.89. The Kier molecular flexibility index (Phi) is 3.95. The van der Waals surface area contributed by atoms with Gasteiger partial charge in [-0.25, -0.2) is 0 Å². The van der Waals surface area contributed by atoms with Crippen LogP contribution >= 0.6 is 0 Å². The first-order valence-electron chi connectivity index (χ1n) is 7.19. The summed E-state index contributed by atoms with van der Waals surface area (Å²) in [5, 5.41) is 0. The molecule has 1 heterocycles. The molecule has 1 aliphatic carbocycles. The minimum absolute atomic E-state index is 0.577. The molecule has 0 amide bonds. The standard InChI is InChI=1S/C16H22NOSe/c1-12-5-3-4-6-15(12)17-10-13-9-14(18-2)7-8-16(13)19-11-17/h7-10,12,15H,3-6,11H2,1-2H3/q+1. The fourth-order valence-electron chi connectivity index (χ4n) is 3.23. The Hall–Kier alpha value is -0.791. The fourth-order valence-corrected chi connectivity index (χ4v) is 5.32. The van der Waals surface area contributed by atoms with Gasteiger partial charge in [0.25, 0.3) is 0 Å². The number of fused-ring (bicyclic) bond motifs is 1. The van der Waals surface area contributed by atoms with Crippen LogP contribution in [0.15, 0.2) is 18.2 Å². The summed E-state index contributed by atoms with van der Waals surface area (Å²) in [4.78, 5) is 0. The Morgan fingerprint density at radius 3 is 2.89 bits per heavy atom. The molecule has 0 bridgehead atoms. The molecule has 19 heavy (non-hydrogen) atoms. The number of hydrogen-bond acceptors (Lipinski definition) is 1. The van der Waals surface area contributed by atoms with Gasteiger partial charge in [0.05, 0.1) is 0 Å². The zero-order valence-corrected chi connectivity index (χ0v) is 13.5. The molecule has 3 heteroatoms. The van der Waals surface area contributed by atoms with Gasteiger partial charge in [-0.15, -0.1) is 0 Å². The number of benzene rings is 1. The van der Waals surface area contributed by atoms with Crippen LogP contribution < -0.4 is 9.20 Å². The van der Waals surface area contributed by atoms with Gasteiger partial charge in [0.2, 0.25) is 0 Å². The van der Waals surface area contributed by atoms with Gasteiger partial charge in [-0.1, -0.05) is 0 Å². The summed E-state index contributed by atoms with van der Waals surface area (Å²) < 4.78 is 9.49. The number of methoxy groups -OCH3 is 1. The first-order valence-corrected chi connectivity index (χ1v) is 9.26. The summed E-state index contributed by atoms with van der Waals surface area (Å²) in [6.45, 7) is 2.42. The van der Waals surface area contributed by atoms with Crippen molar-refractivity contribution < 1.29 is 9.31 Å². The van der Waals surface area contributed by atoms with E-state index in [0.29, 0.717) is 15.0 Å². The van der Waals surface area contributed by atoms with E-state index in [1.54, 1.807) is 7.11 Å². The molecular weight excluding hydrogens is 301 g/mol. The summed E-state index contributed by atoms with van der Waals surface area (Å²) in [6.07, 6.45) is 7.97. The van der Waals surface area contributed by atoms with Crippen molar-refractivity contribution in [3.8, 4) is 5.75 Å². The van der Waals surface area contributed by atoms with E-state index in [1.165, 1.54) is 41.2 Å². The van der Waals surface area contributed by atoms with Crippen molar-refractivity contribution in [1.82, 2.24) is 0 Å². The molecule has 0 saturated heterocycles. The molecule has 1 fully saturated rings. The summed E-state index contributed by atoms with van der Waals surface area (Å²) in [5.74, 6) is 1.82. The van der Waals surface area contributed by atoms with Gasteiger partial charge in [-0.2, -0.15) is 0 Å². The monoisotopic (exact) mass is 324 g/mol. The van der Waals surface area contributed by atoms with Gasteiger partial charge in [-0.3, -0.25) is 0 Å². The van der Waals surface area contributed by atoms with Crippen molar-refractivity contribution in [2.24, 2.45) is 5.92 Å². The predicted octanol–water partition coefficient (Wildman–Crippen LogP) is 2.01. The van der Waals surface area contributed by atoms with E-state index in [-0.39, 0.29) is 0 Å². The molecular formula is C16H22NOSe+. The van der Waals surface area contributed by atoms with Gasteiger partial charge in [0.15, 0.2) is 0 Å². The molecule has 2 aliphatic rings. The third kappa shape index (κ3) is 2.73. The molecule has 2 nitrogen and oxygen atoms in total. The number of hydrogen-bond donors (Lipinski definition) is 0. The van der Waals surface area contributed by atoms with Crippen LogP contribution in [0.2, 0.25) is 0 Å². The molecule has 1 aromatic rings. The van der Waals surface area contributed by atoms with Crippen molar-refractivity contribution in [3.05, 3.63) is 23.8 Å². The van der Waals surface area contributed by atoms with Gasteiger partial charge >= 0.3 is 122 Å². The van der Waals surface area contributed by atoms with E-state index < -0.39 is 0 Å². The van der Waals surface area contributed by atoms with E-state index in [1.807, 2.05) is 0 Å². The van der Waals surface area contributed by atoms with Crippen LogP contribution in [0, 0.1) is 5.92 Å². The normalized spacial score (nSPS) is 26.5. The van der Waals surface area contributed by atoms with Crippen LogP contribution in [0.1, 0.15) is 38.2 Å². The van der Waals surface area contributed by atoms with Gasteiger partial charge < -0.3 is 0 Å². The molecule has 0 spiro atoms. The van der Waals surface area contributed by atoms with Gasteiger partial charge in [-0.05, 0) is 0 Å². The first-order chi connectivity index (χ1) is 9.28. The number of ether oxygens (including phenoxy) is 1. The quantitative estimate of drug-likeness (QED) is 0.599. The maximum atomic E-state index is 5.35. The van der Waals surface area contributed by atoms with Gasteiger partial charge in [0, 0.05) is 0 Å². The second-order valence-electron chi connectivity index (χ2n) is 5.65. The molecule has 1 aromatic carbocycles. The van der Waals surface area contributed by atoms with Crippen LogP contribution in [0.4, 0.5) is 0 Å². The third-order valence-corrected chi connectivity index (χ3v) is 6.71. The van der Waals surface area contributed by atoms with Crippen LogP contribution in [-0.4, -0.2) is 44.3 Å². The second kappa shape index (κ2) is 5.68. The molecule has 2 atom stereocenters. The Morgan fingerprint density at radius 2 is 2.11 bits per heavy atom. The fraction of sp³-hybridized carbons (Fsp3) is 0.562. The average Bonchev–Trinajstić information content (AvgIpc) is 2.46. The molecule has 0 radical (unpaired) electrons. The van der Waals surface area contributed by atoms with Crippen molar-refractivity contribution in [1.29, 1.82) is 0 Å². The maximum absolute atomic E-state index is 5.35. The Bertz CT molecular complexity index is 498. The first kappa shape index (κ1) is 13.2. The molecule has 3 rings (SSSR count). The van der Waals surface area contributed by atoms with Crippen LogP contribution in [0.3, 0.4) is 0 Å². The SMILES string of the molecule is COc1ccc2c(c1)C=[N+](C1CCCCC1C)C[Se]2. The van der Waals surface area contributed by atoms with E-state index in [4.69, 9.17) is 4.74 Å². The molecule has 0 N–H and O–H groups in total. The number of rotatable bonds is 2. The van der Waals surface area contributed by atoms with Gasteiger partial charge in [0.1, 0.15) is 0 Å². The summed E-state index contributed by atoms with van der Waals surface area (Å²) >= 11 is 0.577. The second-order valence-corrected chi connectivity index (χ2v) is 7.72. The molecule has 102 valence electrons. The zero-order chi connectivity index (χ0) is 13.2. The number of nitrogens with zero attached hydrogens (tertiary/aromatic N) is 1. The molecule has 0 aromatic heterocycles. The summed E-state index contributed by atoms with van der Waals surface area (Å²) in [5.41, 5.74) is 2.62. The Labute approximate surface area is 122 Å². The molecule has 1 aliphatic heterocycles. The molecule has 1 saturated carbocycles. The van der Waals surface area contributed by atoms with Crippen molar-refractivity contribution in [2.75, 3.05) is 12.6 Å². The predicted molar refractivity (Wildman–Crippen MR) is 80.1 cm³/mol. The van der Waals surface area contributed by atoms with Crippen molar-refractivity contribution in [2.45, 2.75) is 38.6 Å². The zero-order valence-electron chi connectivity index (χ0n) is 11.8. The van der Waals surface area contributed by atoms with Crippen LogP contribution in [-0.2, 0) is 0 Å². The third-order valence-electron chi connectivity index (χ3n) is 4.38. The van der Waals surface area contributed by atoms with E-state index in [2.05, 4.69) is 35.9 Å². The summed E-state index contributed by atoms with van der Waals surface area (Å²) in [7, 11) is 1.75. The minimum atomic E-state index is 0.577. The van der Waals surface area contributed by atoms with E-state index >= 15 is 0 Å². The van der Waals surface area contributed by atoms with Crippen LogP contribution in [0.5, 0.6) is 5.75 Å². The van der Waals surface area contributed by atoms with Crippen molar-refractivity contribution >= 4 is 25.6 Å². The average molecular weight is 323 g/mol. The van der Waals surface area contributed by atoms with E-state index in [0.717, 1.165) is 17.7 Å². The Morgan fingerprint density at radius 1 is 1.26 bits per heavy atom. The van der Waals surface area contributed by atoms with Crippen molar-refractivity contribution in [3.63, 3.8) is 0 Å². The topological polar surface area (TPSA) is 12.2 Å². The van der Waals surface area contributed by atoms with Crippen LogP contribution in [0.25, 0.3) is 0 Å². The van der Waals surface area contributed by atoms with E-state index in [9.17, 15) is 0 Å². The summed E-state index contributed by atoms with van der Waals surface area (Å²) in [6, 6.07) is 7.28. The molecule has 2 unspecified atom stereocenters.